The van der Waals surface area contributed by atoms with Crippen LogP contribution >= 0.6 is 0 Å². The number of nitrogens with one attached hydrogen (secondary N) is 1. The number of hydrogen-bond donors (Lipinski definition) is 1. The number of para-hydroxylation sites is 1. The van der Waals surface area contributed by atoms with Gasteiger partial charge in [0.05, 0.1) is 11.2 Å². The van der Waals surface area contributed by atoms with Crippen LogP contribution in [-0.2, 0) is 6.54 Å². The summed E-state index contributed by atoms with van der Waals surface area (Å²) < 4.78 is 0. The number of aromatic nitrogens is 1. The quantitative estimate of drug-likeness (QED) is 0.825. The lowest BCUT2D eigenvalue weighted by atomic mass is 10.1. The Kier molecular flexibility index (Phi) is 5.19. The van der Waals surface area contributed by atoms with Gasteiger partial charge >= 0.3 is 0 Å². The van der Waals surface area contributed by atoms with Crippen LogP contribution in [0.4, 0.5) is 0 Å². The van der Waals surface area contributed by atoms with Gasteiger partial charge < -0.3 is 10.2 Å². The van der Waals surface area contributed by atoms with Crippen molar-refractivity contribution >= 4 is 10.9 Å². The SMILES string of the molecule is c1ccc2nc(CNCCCN3CCCCC3)ccc2c1. The Labute approximate surface area is 127 Å². The summed E-state index contributed by atoms with van der Waals surface area (Å²) >= 11 is 0. The number of fused-ring (bicyclic) bond motifs is 1. The zero-order chi connectivity index (χ0) is 14.3. The third-order valence-electron chi connectivity index (χ3n) is 4.24. The topological polar surface area (TPSA) is 28.2 Å². The Bertz CT molecular complexity index is 561. The average Bonchev–Trinajstić information content (AvgIpc) is 2.55. The minimum atomic E-state index is 0.866. The van der Waals surface area contributed by atoms with Crippen molar-refractivity contribution in [3.8, 4) is 0 Å². The molecule has 1 aromatic carbocycles. The lowest BCUT2D eigenvalue weighted by Crippen LogP contribution is -2.32. The van der Waals surface area contributed by atoms with Crippen LogP contribution in [0.2, 0.25) is 0 Å². The predicted molar refractivity (Wildman–Crippen MR) is 88.4 cm³/mol. The van der Waals surface area contributed by atoms with E-state index >= 15 is 0 Å². The van der Waals surface area contributed by atoms with E-state index in [2.05, 4.69) is 45.5 Å². The molecule has 1 aliphatic rings. The smallest absolute Gasteiger partial charge is 0.0705 e. The van der Waals surface area contributed by atoms with Crippen LogP contribution in [0.1, 0.15) is 31.4 Å². The zero-order valence-corrected chi connectivity index (χ0v) is 12.7. The van der Waals surface area contributed by atoms with Gasteiger partial charge in [-0.3, -0.25) is 4.98 Å². The van der Waals surface area contributed by atoms with Crippen LogP contribution in [0.5, 0.6) is 0 Å². The van der Waals surface area contributed by atoms with Crippen molar-refractivity contribution in [1.29, 1.82) is 0 Å². The first-order chi connectivity index (χ1) is 10.4. The summed E-state index contributed by atoms with van der Waals surface area (Å²) in [5.41, 5.74) is 2.22. The van der Waals surface area contributed by atoms with E-state index in [0.29, 0.717) is 0 Å². The van der Waals surface area contributed by atoms with Gasteiger partial charge in [-0.1, -0.05) is 30.7 Å². The Morgan fingerprint density at radius 2 is 1.86 bits per heavy atom. The summed E-state index contributed by atoms with van der Waals surface area (Å²) in [5, 5.41) is 4.73. The molecule has 0 aliphatic carbocycles. The Morgan fingerprint density at radius 3 is 2.76 bits per heavy atom. The second-order valence-corrected chi connectivity index (χ2v) is 5.93. The number of rotatable bonds is 6. The Balaban J connectivity index is 1.39. The minimum Gasteiger partial charge on any atom is -0.311 e. The standard InChI is InChI=1S/C18H25N3/c1-4-12-21(13-5-1)14-6-11-19-15-17-10-9-16-7-2-3-8-18(16)20-17/h2-3,7-10,19H,1,4-6,11-15H2. The van der Waals surface area contributed by atoms with E-state index in [1.807, 2.05) is 6.07 Å². The molecule has 2 aromatic rings. The number of nitrogens with zero attached hydrogens (tertiary/aromatic N) is 2. The Hall–Kier alpha value is -1.45. The zero-order valence-electron chi connectivity index (χ0n) is 12.7. The minimum absolute atomic E-state index is 0.866. The first kappa shape index (κ1) is 14.5. The van der Waals surface area contributed by atoms with Gasteiger partial charge in [0.15, 0.2) is 0 Å². The maximum absolute atomic E-state index is 4.69. The maximum Gasteiger partial charge on any atom is 0.0705 e. The molecule has 0 bridgehead atoms. The fourth-order valence-corrected chi connectivity index (χ4v) is 3.03. The van der Waals surface area contributed by atoms with Crippen LogP contribution in [0.15, 0.2) is 36.4 Å². The van der Waals surface area contributed by atoms with Crippen LogP contribution in [0.3, 0.4) is 0 Å². The molecular weight excluding hydrogens is 258 g/mol. The highest BCUT2D eigenvalue weighted by molar-refractivity contribution is 5.78. The normalized spacial score (nSPS) is 16.4. The highest BCUT2D eigenvalue weighted by atomic mass is 15.1. The van der Waals surface area contributed by atoms with Gasteiger partial charge in [-0.15, -0.1) is 0 Å². The summed E-state index contributed by atoms with van der Waals surface area (Å²) in [6.45, 7) is 5.77. The van der Waals surface area contributed by atoms with Gasteiger partial charge in [0, 0.05) is 11.9 Å². The van der Waals surface area contributed by atoms with Gasteiger partial charge in [0.2, 0.25) is 0 Å². The molecule has 0 amide bonds. The monoisotopic (exact) mass is 283 g/mol. The van der Waals surface area contributed by atoms with E-state index in [4.69, 9.17) is 0 Å². The third kappa shape index (κ3) is 4.26. The molecule has 1 saturated heterocycles. The molecule has 0 unspecified atom stereocenters. The van der Waals surface area contributed by atoms with Crippen molar-refractivity contribution in [1.82, 2.24) is 15.2 Å². The number of likely N-dealkylation sites (tertiary alicyclic amines) is 1. The van der Waals surface area contributed by atoms with Gasteiger partial charge in [-0.05, 0) is 57.6 Å². The molecule has 0 saturated carbocycles. The largest absolute Gasteiger partial charge is 0.311 e. The average molecular weight is 283 g/mol. The van der Waals surface area contributed by atoms with E-state index in [1.54, 1.807) is 0 Å². The van der Waals surface area contributed by atoms with Crippen LogP contribution < -0.4 is 5.32 Å². The summed E-state index contributed by atoms with van der Waals surface area (Å²) in [5.74, 6) is 0. The van der Waals surface area contributed by atoms with Crippen LogP contribution in [0, 0.1) is 0 Å². The summed E-state index contributed by atoms with van der Waals surface area (Å²) in [6.07, 6.45) is 5.42. The van der Waals surface area contributed by atoms with E-state index in [-0.39, 0.29) is 0 Å². The molecule has 0 atom stereocenters. The summed E-state index contributed by atoms with van der Waals surface area (Å²) in [6, 6.07) is 12.6. The molecule has 0 radical (unpaired) electrons. The molecule has 1 N–H and O–H groups in total. The van der Waals surface area contributed by atoms with Gasteiger partial charge in [0.1, 0.15) is 0 Å². The molecule has 1 aromatic heterocycles. The lowest BCUT2D eigenvalue weighted by molar-refractivity contribution is 0.225. The third-order valence-corrected chi connectivity index (χ3v) is 4.24. The second-order valence-electron chi connectivity index (χ2n) is 5.93. The maximum atomic E-state index is 4.69. The number of benzene rings is 1. The van der Waals surface area contributed by atoms with Crippen molar-refractivity contribution in [2.24, 2.45) is 0 Å². The molecule has 3 heteroatoms. The molecule has 2 heterocycles. The lowest BCUT2D eigenvalue weighted by Gasteiger charge is -2.26. The van der Waals surface area contributed by atoms with E-state index < -0.39 is 0 Å². The van der Waals surface area contributed by atoms with E-state index in [0.717, 1.165) is 24.3 Å². The first-order valence-electron chi connectivity index (χ1n) is 8.19. The highest BCUT2D eigenvalue weighted by Gasteiger charge is 2.08. The van der Waals surface area contributed by atoms with Crippen molar-refractivity contribution in [3.05, 3.63) is 42.1 Å². The molecule has 1 aliphatic heterocycles. The molecule has 21 heavy (non-hydrogen) atoms. The van der Waals surface area contributed by atoms with Crippen molar-refractivity contribution in [3.63, 3.8) is 0 Å². The van der Waals surface area contributed by atoms with Crippen molar-refractivity contribution < 1.29 is 0 Å². The molecule has 3 nitrogen and oxygen atoms in total. The molecular formula is C18H25N3. The second kappa shape index (κ2) is 7.53. The summed E-state index contributed by atoms with van der Waals surface area (Å²) in [7, 11) is 0. The molecule has 112 valence electrons. The summed E-state index contributed by atoms with van der Waals surface area (Å²) in [4.78, 5) is 7.29. The van der Waals surface area contributed by atoms with Crippen molar-refractivity contribution in [2.45, 2.75) is 32.2 Å². The highest BCUT2D eigenvalue weighted by Crippen LogP contribution is 2.11. The van der Waals surface area contributed by atoms with Gasteiger partial charge in [0.25, 0.3) is 0 Å². The van der Waals surface area contributed by atoms with E-state index in [1.165, 1.54) is 50.7 Å². The van der Waals surface area contributed by atoms with Crippen molar-refractivity contribution in [2.75, 3.05) is 26.2 Å². The van der Waals surface area contributed by atoms with Gasteiger partial charge in [-0.2, -0.15) is 0 Å². The number of hydrogen-bond acceptors (Lipinski definition) is 3. The Morgan fingerprint density at radius 1 is 1.00 bits per heavy atom. The fraction of sp³-hybridized carbons (Fsp3) is 0.500. The van der Waals surface area contributed by atoms with Gasteiger partial charge in [-0.25, -0.2) is 0 Å². The fourth-order valence-electron chi connectivity index (χ4n) is 3.03. The van der Waals surface area contributed by atoms with Crippen LogP contribution in [-0.4, -0.2) is 36.1 Å². The first-order valence-corrected chi connectivity index (χ1v) is 8.19. The molecule has 1 fully saturated rings. The van der Waals surface area contributed by atoms with E-state index in [9.17, 15) is 0 Å². The molecule has 0 spiro atoms. The van der Waals surface area contributed by atoms with Crippen LogP contribution in [0.25, 0.3) is 10.9 Å². The molecule has 3 rings (SSSR count). The number of piperidine rings is 1. The predicted octanol–water partition coefficient (Wildman–Crippen LogP) is 3.20. The number of pyridine rings is 1.